The van der Waals surface area contributed by atoms with Gasteiger partial charge in [-0.25, -0.2) is 4.79 Å². The van der Waals surface area contributed by atoms with Crippen LogP contribution < -0.4 is 10.6 Å². The smallest absolute Gasteiger partial charge is 0.320 e. The number of ether oxygens (including phenoxy) is 1. The third-order valence-electron chi connectivity index (χ3n) is 6.00. The van der Waals surface area contributed by atoms with Crippen LogP contribution in [0.3, 0.4) is 0 Å². The average Bonchev–Trinajstić information content (AvgIpc) is 2.88. The molecule has 6 nitrogen and oxygen atoms in total. The summed E-state index contributed by atoms with van der Waals surface area (Å²) in [5, 5.41) is 14.3. The molecule has 24 heavy (non-hydrogen) atoms. The lowest BCUT2D eigenvalue weighted by atomic mass is 9.46. The summed E-state index contributed by atoms with van der Waals surface area (Å²) in [6, 6.07) is 3.78. The Morgan fingerprint density at radius 2 is 2.08 bits per heavy atom. The van der Waals surface area contributed by atoms with Gasteiger partial charge in [0.1, 0.15) is 0 Å². The van der Waals surface area contributed by atoms with Crippen molar-refractivity contribution in [3.63, 3.8) is 0 Å². The molecule has 0 unspecified atom stereocenters. The lowest BCUT2D eigenvalue weighted by molar-refractivity contribution is -0.171. The molecule has 1 spiro atoms. The molecule has 0 aromatic carbocycles. The molecular weight excluding hydrogens is 304 g/mol. The molecule has 3 fully saturated rings. The standard InChI is InChI=1S/C18H26N4O2/c1-17(2,3)12-5-6-13(22-21-12)19-16(23)20-14-11-7-10-24-15(11)18(14)8-4-9-18/h5-6,11,14-15H,4,7-10H2,1-3H3,(H2,19,20,22,23)/t11-,14+,15-/m0/s1. The van der Waals surface area contributed by atoms with E-state index in [1.165, 1.54) is 19.3 Å². The maximum absolute atomic E-state index is 12.4. The number of carbonyl (C=O) groups excluding carboxylic acids is 1. The van der Waals surface area contributed by atoms with Crippen LogP contribution in [0.25, 0.3) is 0 Å². The van der Waals surface area contributed by atoms with Gasteiger partial charge in [0.2, 0.25) is 0 Å². The summed E-state index contributed by atoms with van der Waals surface area (Å²) in [5.41, 5.74) is 1.06. The largest absolute Gasteiger partial charge is 0.377 e. The molecule has 1 saturated heterocycles. The van der Waals surface area contributed by atoms with Gasteiger partial charge in [-0.3, -0.25) is 5.32 Å². The Bertz CT molecular complexity index is 633. The fraction of sp³-hybridized carbons (Fsp3) is 0.722. The van der Waals surface area contributed by atoms with Gasteiger partial charge in [-0.2, -0.15) is 5.10 Å². The van der Waals surface area contributed by atoms with Crippen LogP contribution in [-0.2, 0) is 10.2 Å². The fourth-order valence-electron chi connectivity index (χ4n) is 4.55. The molecule has 1 aliphatic heterocycles. The number of fused-ring (bicyclic) bond motifs is 2. The molecule has 0 bridgehead atoms. The third-order valence-corrected chi connectivity index (χ3v) is 6.00. The van der Waals surface area contributed by atoms with Crippen molar-refractivity contribution < 1.29 is 9.53 Å². The highest BCUT2D eigenvalue weighted by Gasteiger charge is 2.66. The molecule has 4 rings (SSSR count). The molecule has 130 valence electrons. The number of aromatic nitrogens is 2. The number of anilines is 1. The second kappa shape index (κ2) is 5.41. The summed E-state index contributed by atoms with van der Waals surface area (Å²) < 4.78 is 5.89. The van der Waals surface area contributed by atoms with Crippen molar-refractivity contribution in [2.24, 2.45) is 11.3 Å². The normalized spacial score (nSPS) is 30.2. The summed E-state index contributed by atoms with van der Waals surface area (Å²) in [4.78, 5) is 12.4. The summed E-state index contributed by atoms with van der Waals surface area (Å²) in [6.07, 6.45) is 4.99. The van der Waals surface area contributed by atoms with Crippen molar-refractivity contribution in [3.05, 3.63) is 17.8 Å². The van der Waals surface area contributed by atoms with Crippen molar-refractivity contribution in [2.45, 2.75) is 64.0 Å². The molecule has 2 aliphatic carbocycles. The van der Waals surface area contributed by atoms with Gasteiger partial charge in [0.25, 0.3) is 0 Å². The zero-order chi connectivity index (χ0) is 16.9. The van der Waals surface area contributed by atoms with E-state index in [1.807, 2.05) is 12.1 Å². The second-order valence-corrected chi connectivity index (χ2v) is 8.46. The van der Waals surface area contributed by atoms with Crippen LogP contribution in [0.4, 0.5) is 10.6 Å². The van der Waals surface area contributed by atoms with E-state index in [-0.39, 0.29) is 22.9 Å². The quantitative estimate of drug-likeness (QED) is 0.874. The van der Waals surface area contributed by atoms with Crippen LogP contribution in [0.2, 0.25) is 0 Å². The van der Waals surface area contributed by atoms with Crippen LogP contribution in [0.5, 0.6) is 0 Å². The van der Waals surface area contributed by atoms with E-state index in [1.54, 1.807) is 0 Å². The zero-order valence-electron chi connectivity index (χ0n) is 14.6. The molecule has 2 N–H and O–H groups in total. The lowest BCUT2D eigenvalue weighted by Crippen LogP contribution is -2.72. The molecule has 0 radical (unpaired) electrons. The number of rotatable bonds is 2. The second-order valence-electron chi connectivity index (χ2n) is 8.46. The minimum Gasteiger partial charge on any atom is -0.377 e. The number of hydrogen-bond donors (Lipinski definition) is 2. The summed E-state index contributed by atoms with van der Waals surface area (Å²) >= 11 is 0. The molecule has 2 amide bonds. The van der Waals surface area contributed by atoms with Gasteiger partial charge in [-0.1, -0.05) is 27.2 Å². The van der Waals surface area contributed by atoms with Gasteiger partial charge in [0.15, 0.2) is 5.82 Å². The molecular formula is C18H26N4O2. The molecule has 3 atom stereocenters. The summed E-state index contributed by atoms with van der Waals surface area (Å²) in [7, 11) is 0. The summed E-state index contributed by atoms with van der Waals surface area (Å²) in [6.45, 7) is 7.10. The molecule has 1 aromatic rings. The highest BCUT2D eigenvalue weighted by Crippen LogP contribution is 2.62. The molecule has 3 aliphatic rings. The maximum atomic E-state index is 12.4. The van der Waals surface area contributed by atoms with Crippen molar-refractivity contribution in [1.82, 2.24) is 15.5 Å². The molecule has 1 aromatic heterocycles. The van der Waals surface area contributed by atoms with Crippen LogP contribution in [0, 0.1) is 11.3 Å². The minimum absolute atomic E-state index is 0.0478. The van der Waals surface area contributed by atoms with Gasteiger partial charge >= 0.3 is 6.03 Å². The van der Waals surface area contributed by atoms with Crippen molar-refractivity contribution in [1.29, 1.82) is 0 Å². The van der Waals surface area contributed by atoms with E-state index in [2.05, 4.69) is 41.6 Å². The van der Waals surface area contributed by atoms with E-state index < -0.39 is 0 Å². The van der Waals surface area contributed by atoms with Gasteiger partial charge < -0.3 is 10.1 Å². The van der Waals surface area contributed by atoms with E-state index in [4.69, 9.17) is 4.74 Å². The first-order valence-corrected chi connectivity index (χ1v) is 8.93. The first kappa shape index (κ1) is 15.8. The number of hydrogen-bond acceptors (Lipinski definition) is 4. The van der Waals surface area contributed by atoms with Gasteiger partial charge in [0, 0.05) is 29.4 Å². The predicted molar refractivity (Wildman–Crippen MR) is 90.8 cm³/mol. The Kier molecular flexibility index (Phi) is 3.56. The number of urea groups is 1. The average molecular weight is 330 g/mol. The van der Waals surface area contributed by atoms with Gasteiger partial charge in [0.05, 0.1) is 11.8 Å². The van der Waals surface area contributed by atoms with Crippen molar-refractivity contribution in [3.8, 4) is 0 Å². The van der Waals surface area contributed by atoms with Crippen molar-refractivity contribution in [2.75, 3.05) is 11.9 Å². The van der Waals surface area contributed by atoms with Crippen molar-refractivity contribution >= 4 is 11.8 Å². The van der Waals surface area contributed by atoms with E-state index in [0.717, 1.165) is 18.7 Å². The molecule has 6 heteroatoms. The maximum Gasteiger partial charge on any atom is 0.320 e. The van der Waals surface area contributed by atoms with Gasteiger partial charge in [-0.15, -0.1) is 5.10 Å². The summed E-state index contributed by atoms with van der Waals surface area (Å²) in [5.74, 6) is 0.965. The van der Waals surface area contributed by atoms with Crippen LogP contribution in [0.1, 0.15) is 52.1 Å². The number of nitrogens with one attached hydrogen (secondary N) is 2. The Labute approximate surface area is 142 Å². The monoisotopic (exact) mass is 330 g/mol. The lowest BCUT2D eigenvalue weighted by Gasteiger charge is -2.63. The Hall–Kier alpha value is -1.69. The number of amides is 2. The predicted octanol–water partition coefficient (Wildman–Crippen LogP) is 2.85. The van der Waals surface area contributed by atoms with Crippen LogP contribution in [-0.4, -0.2) is 35.0 Å². The SMILES string of the molecule is CC(C)(C)c1ccc(NC(=O)N[C@@H]2[C@@H]3CCO[C@@H]3C23CCC3)nn1. The van der Waals surface area contributed by atoms with E-state index in [9.17, 15) is 4.79 Å². The highest BCUT2D eigenvalue weighted by atomic mass is 16.5. The minimum atomic E-state index is -0.186. The van der Waals surface area contributed by atoms with Crippen LogP contribution >= 0.6 is 0 Å². The first-order valence-electron chi connectivity index (χ1n) is 8.93. The Balaban J connectivity index is 1.38. The topological polar surface area (TPSA) is 76.1 Å². The zero-order valence-corrected chi connectivity index (χ0v) is 14.6. The third kappa shape index (κ3) is 2.39. The highest BCUT2D eigenvalue weighted by molar-refractivity contribution is 5.88. The Morgan fingerprint density at radius 1 is 1.29 bits per heavy atom. The Morgan fingerprint density at radius 3 is 2.67 bits per heavy atom. The fourth-order valence-corrected chi connectivity index (χ4v) is 4.55. The first-order chi connectivity index (χ1) is 11.4. The molecule has 2 heterocycles. The molecule has 2 saturated carbocycles. The number of nitrogens with zero attached hydrogens (tertiary/aromatic N) is 2. The number of carbonyl (C=O) groups is 1. The van der Waals surface area contributed by atoms with Crippen LogP contribution in [0.15, 0.2) is 12.1 Å². The van der Waals surface area contributed by atoms with E-state index in [0.29, 0.717) is 17.8 Å². The van der Waals surface area contributed by atoms with E-state index >= 15 is 0 Å². The van der Waals surface area contributed by atoms with Gasteiger partial charge in [-0.05, 0) is 31.4 Å².